The first-order valence-corrected chi connectivity index (χ1v) is 10.4. The molecule has 0 aliphatic carbocycles. The number of imidazole rings is 1. The van der Waals surface area contributed by atoms with Crippen molar-refractivity contribution in [2.24, 2.45) is 0 Å². The first-order chi connectivity index (χ1) is 14.1. The molecule has 1 aliphatic rings. The van der Waals surface area contributed by atoms with Gasteiger partial charge in [-0.25, -0.2) is 24.9 Å². The Balaban J connectivity index is 1.89. The van der Waals surface area contributed by atoms with Crippen LogP contribution < -0.4 is 5.73 Å². The summed E-state index contributed by atoms with van der Waals surface area (Å²) in [6, 6.07) is 1.71. The normalized spacial score (nSPS) is 21.3. The Morgan fingerprint density at radius 1 is 1.24 bits per heavy atom. The van der Waals surface area contributed by atoms with Crippen molar-refractivity contribution in [1.29, 1.82) is 0 Å². The lowest BCUT2D eigenvalue weighted by Crippen LogP contribution is -2.28. The van der Waals surface area contributed by atoms with E-state index in [0.29, 0.717) is 34.4 Å². The molecule has 0 spiro atoms. The first-order valence-electron chi connectivity index (χ1n) is 9.39. The maximum Gasteiger partial charge on any atom is 0.208 e. The van der Waals surface area contributed by atoms with Crippen LogP contribution in [0.25, 0.3) is 22.8 Å². The second kappa shape index (κ2) is 8.32. The van der Waals surface area contributed by atoms with Gasteiger partial charge in [-0.1, -0.05) is 19.3 Å². The van der Waals surface area contributed by atoms with E-state index in [1.807, 2.05) is 0 Å². The van der Waals surface area contributed by atoms with Crippen LogP contribution in [0.2, 0.25) is 0 Å². The zero-order chi connectivity index (χ0) is 20.4. The van der Waals surface area contributed by atoms with Crippen LogP contribution in [-0.2, 0) is 0 Å². The fourth-order valence-corrected chi connectivity index (χ4v) is 4.40. The minimum Gasteiger partial charge on any atom is -0.389 e. The molecule has 10 heteroatoms. The topological polar surface area (TPSA) is 136 Å². The molecule has 4 N–H and O–H groups in total. The molecular weight excluding hydrogens is 390 g/mol. The molecule has 3 aromatic rings. The van der Waals surface area contributed by atoms with Gasteiger partial charge < -0.3 is 15.9 Å². The Morgan fingerprint density at radius 2 is 2.03 bits per heavy atom. The molecule has 0 unspecified atom stereocenters. The van der Waals surface area contributed by atoms with Crippen molar-refractivity contribution in [3.63, 3.8) is 0 Å². The third-order valence-electron chi connectivity index (χ3n) is 4.57. The van der Waals surface area contributed by atoms with E-state index >= 15 is 0 Å². The summed E-state index contributed by atoms with van der Waals surface area (Å²) in [5.74, 6) is 7.68. The van der Waals surface area contributed by atoms with Crippen molar-refractivity contribution in [3.05, 3.63) is 24.3 Å². The van der Waals surface area contributed by atoms with Crippen LogP contribution >= 0.6 is 11.8 Å². The molecule has 0 saturated carbocycles. The number of unbranched alkanes of at least 4 members (excludes halogenated alkanes) is 2. The summed E-state index contributed by atoms with van der Waals surface area (Å²) < 4.78 is 1.73. The van der Waals surface area contributed by atoms with Crippen LogP contribution in [0.3, 0.4) is 0 Å². The van der Waals surface area contributed by atoms with Crippen LogP contribution in [0, 0.1) is 11.8 Å². The number of nitrogens with zero attached hydrogens (tertiary/aromatic N) is 6. The van der Waals surface area contributed by atoms with Gasteiger partial charge in [0.05, 0.1) is 6.10 Å². The van der Waals surface area contributed by atoms with Gasteiger partial charge in [0, 0.05) is 24.6 Å². The fourth-order valence-electron chi connectivity index (χ4n) is 3.08. The Kier molecular flexibility index (Phi) is 5.62. The number of aliphatic hydroxyl groups is 2. The summed E-state index contributed by atoms with van der Waals surface area (Å²) in [4.78, 5) is 21.9. The van der Waals surface area contributed by atoms with Gasteiger partial charge in [0.25, 0.3) is 0 Å². The number of fused-ring (bicyclic) bond motifs is 1. The summed E-state index contributed by atoms with van der Waals surface area (Å²) >= 11 is 1.41. The van der Waals surface area contributed by atoms with Crippen LogP contribution in [0.5, 0.6) is 0 Å². The summed E-state index contributed by atoms with van der Waals surface area (Å²) in [7, 11) is 0. The van der Waals surface area contributed by atoms with E-state index in [0.717, 1.165) is 19.3 Å². The predicted octanol–water partition coefficient (Wildman–Crippen LogP) is 1.37. The molecule has 29 heavy (non-hydrogen) atoms. The molecule has 4 rings (SSSR count). The monoisotopic (exact) mass is 411 g/mol. The van der Waals surface area contributed by atoms with Crippen molar-refractivity contribution in [2.45, 2.75) is 43.8 Å². The SMILES string of the molecule is CCCCC#Cc1nc(N)c2nc(-c3ncccn3)n([C@@H]3SC[C@@H](O)[C@H]3O)c2n1. The van der Waals surface area contributed by atoms with Gasteiger partial charge in [0.2, 0.25) is 5.82 Å². The van der Waals surface area contributed by atoms with Crippen LogP contribution in [0.4, 0.5) is 5.82 Å². The Morgan fingerprint density at radius 3 is 2.72 bits per heavy atom. The highest BCUT2D eigenvalue weighted by Gasteiger charge is 2.38. The van der Waals surface area contributed by atoms with E-state index in [-0.39, 0.29) is 5.82 Å². The zero-order valence-corrected chi connectivity index (χ0v) is 16.7. The predicted molar refractivity (Wildman–Crippen MR) is 111 cm³/mol. The third-order valence-corrected chi connectivity index (χ3v) is 5.93. The summed E-state index contributed by atoms with van der Waals surface area (Å²) in [6.07, 6.45) is 4.19. The molecule has 0 aromatic carbocycles. The van der Waals surface area contributed by atoms with Gasteiger partial charge in [0.15, 0.2) is 28.6 Å². The number of nitrogens with two attached hydrogens (primary N) is 1. The van der Waals surface area contributed by atoms with Gasteiger partial charge in [-0.15, -0.1) is 11.8 Å². The molecule has 1 fully saturated rings. The van der Waals surface area contributed by atoms with Gasteiger partial charge >= 0.3 is 0 Å². The van der Waals surface area contributed by atoms with Gasteiger partial charge in [-0.2, -0.15) is 0 Å². The fraction of sp³-hybridized carbons (Fsp3) is 0.421. The van der Waals surface area contributed by atoms with E-state index in [9.17, 15) is 10.2 Å². The molecule has 9 nitrogen and oxygen atoms in total. The van der Waals surface area contributed by atoms with Crippen molar-refractivity contribution in [3.8, 4) is 23.5 Å². The highest BCUT2D eigenvalue weighted by atomic mass is 32.2. The van der Waals surface area contributed by atoms with Crippen LogP contribution in [-0.4, -0.2) is 57.7 Å². The Hall–Kier alpha value is -2.74. The number of nitrogen functional groups attached to an aromatic ring is 1. The maximum atomic E-state index is 10.5. The highest BCUT2D eigenvalue weighted by Crippen LogP contribution is 2.41. The van der Waals surface area contributed by atoms with Crippen LogP contribution in [0.1, 0.15) is 37.4 Å². The molecule has 4 heterocycles. The van der Waals surface area contributed by atoms with Crippen molar-refractivity contribution in [1.82, 2.24) is 29.5 Å². The number of aliphatic hydroxyl groups excluding tert-OH is 2. The lowest BCUT2D eigenvalue weighted by Gasteiger charge is -2.19. The smallest absolute Gasteiger partial charge is 0.208 e. The molecule has 1 aliphatic heterocycles. The van der Waals surface area contributed by atoms with E-state index in [4.69, 9.17) is 5.73 Å². The second-order valence-electron chi connectivity index (χ2n) is 6.67. The summed E-state index contributed by atoms with van der Waals surface area (Å²) in [5, 5.41) is 20.1. The van der Waals surface area contributed by atoms with Gasteiger partial charge in [0.1, 0.15) is 11.5 Å². The molecule has 150 valence electrons. The average Bonchev–Trinajstić information content (AvgIpc) is 3.26. The number of hydrogen-bond donors (Lipinski definition) is 3. The highest BCUT2D eigenvalue weighted by molar-refractivity contribution is 7.99. The minimum absolute atomic E-state index is 0.198. The lowest BCUT2D eigenvalue weighted by atomic mass is 10.2. The summed E-state index contributed by atoms with van der Waals surface area (Å²) in [6.45, 7) is 2.10. The molecular formula is C19H21N7O2S. The molecule has 0 radical (unpaired) electrons. The lowest BCUT2D eigenvalue weighted by molar-refractivity contribution is 0.0316. The maximum absolute atomic E-state index is 10.5. The largest absolute Gasteiger partial charge is 0.389 e. The van der Waals surface area contributed by atoms with E-state index in [1.165, 1.54) is 11.8 Å². The number of aromatic nitrogens is 6. The van der Waals surface area contributed by atoms with E-state index < -0.39 is 17.6 Å². The first kappa shape index (κ1) is 19.6. The molecule has 0 bridgehead atoms. The minimum atomic E-state index is -0.991. The van der Waals surface area contributed by atoms with Crippen molar-refractivity contribution >= 4 is 28.7 Å². The molecule has 1 saturated heterocycles. The average molecular weight is 411 g/mol. The van der Waals surface area contributed by atoms with Gasteiger partial charge in [-0.3, -0.25) is 4.57 Å². The van der Waals surface area contributed by atoms with Gasteiger partial charge in [-0.05, 0) is 18.4 Å². The summed E-state index contributed by atoms with van der Waals surface area (Å²) in [5.41, 5.74) is 6.98. The number of anilines is 1. The quantitative estimate of drug-likeness (QED) is 0.429. The molecule has 3 atom stereocenters. The van der Waals surface area contributed by atoms with E-state index in [1.54, 1.807) is 23.0 Å². The molecule has 0 amide bonds. The Bertz CT molecular complexity index is 1080. The van der Waals surface area contributed by atoms with E-state index in [2.05, 4.69) is 43.7 Å². The molecule has 3 aromatic heterocycles. The third kappa shape index (κ3) is 3.76. The number of hydrogen-bond acceptors (Lipinski definition) is 9. The zero-order valence-electron chi connectivity index (χ0n) is 15.9. The Labute approximate surface area is 171 Å². The second-order valence-corrected chi connectivity index (χ2v) is 7.82. The van der Waals surface area contributed by atoms with Crippen LogP contribution in [0.15, 0.2) is 18.5 Å². The number of rotatable bonds is 4. The van der Waals surface area contributed by atoms with Crippen molar-refractivity contribution in [2.75, 3.05) is 11.5 Å². The standard InChI is InChI=1S/C19H21N7O2S/c1-2-3-4-5-7-12-23-15(20)13-17(24-12)26(19-14(28)11(27)10-29-19)18(25-13)16-21-8-6-9-22-16/h6,8-9,11,14,19,27-28H,2-4,10H2,1H3,(H2,20,23,24)/t11-,14-,19-/m1/s1. The number of thioether (sulfide) groups is 1. The van der Waals surface area contributed by atoms with Crippen molar-refractivity contribution < 1.29 is 10.2 Å².